The van der Waals surface area contributed by atoms with Crippen molar-refractivity contribution in [2.45, 2.75) is 6.92 Å². The Hall–Kier alpha value is -4.75. The first kappa shape index (κ1) is 27.8. The van der Waals surface area contributed by atoms with Crippen molar-refractivity contribution in [1.82, 2.24) is 4.98 Å². The maximum atomic E-state index is 13.0. The topological polar surface area (TPSA) is 147 Å². The standard InChI is InChI=1S/C28H21ClN5O6S/c1-2-40-21-12-10-19(11-13-21)33-26(36)23(29)24(27(33)37)30-18-8-6-16(7-9-18)25(35)32-28-31-22(15-41-28)17-4-3-5-20(14-17)34(38)39/h3-15,30,38H,2H2,1H3,(H,31,32,35)/q-1. The van der Waals surface area contributed by atoms with Gasteiger partial charge in [0.1, 0.15) is 16.5 Å². The van der Waals surface area contributed by atoms with E-state index in [1.807, 2.05) is 6.92 Å². The summed E-state index contributed by atoms with van der Waals surface area (Å²) in [6.07, 6.45) is 0. The van der Waals surface area contributed by atoms with E-state index in [9.17, 15) is 19.6 Å². The molecule has 3 amide bonds. The largest absolute Gasteiger partial charge is 0.733 e. The Balaban J connectivity index is 1.24. The fourth-order valence-electron chi connectivity index (χ4n) is 3.97. The Bertz CT molecular complexity index is 1650. The second kappa shape index (κ2) is 11.8. The molecular weight excluding hydrogens is 570 g/mol. The van der Waals surface area contributed by atoms with Gasteiger partial charge in [-0.05, 0) is 67.6 Å². The summed E-state index contributed by atoms with van der Waals surface area (Å²) in [7, 11) is 0. The summed E-state index contributed by atoms with van der Waals surface area (Å²) in [5, 5.41) is 27.4. The number of anilines is 4. The number of ether oxygens (including phenoxy) is 1. The van der Waals surface area contributed by atoms with Crippen LogP contribution in [0.3, 0.4) is 0 Å². The molecule has 1 aliphatic heterocycles. The van der Waals surface area contributed by atoms with Crippen LogP contribution in [0.1, 0.15) is 17.3 Å². The number of rotatable bonds is 9. The van der Waals surface area contributed by atoms with E-state index < -0.39 is 17.7 Å². The first-order valence-corrected chi connectivity index (χ1v) is 13.4. The summed E-state index contributed by atoms with van der Waals surface area (Å²) >= 11 is 7.42. The molecule has 0 spiro atoms. The van der Waals surface area contributed by atoms with Crippen LogP contribution in [0, 0.1) is 5.21 Å². The molecule has 0 atom stereocenters. The zero-order valence-corrected chi connectivity index (χ0v) is 22.9. The highest BCUT2D eigenvalue weighted by atomic mass is 35.5. The molecule has 0 unspecified atom stereocenters. The van der Waals surface area contributed by atoms with Crippen molar-refractivity contribution >= 4 is 62.9 Å². The van der Waals surface area contributed by atoms with Gasteiger partial charge in [0.05, 0.1) is 23.7 Å². The third-order valence-electron chi connectivity index (χ3n) is 5.94. The number of thiazole rings is 1. The molecular formula is C28H21ClN5O6S-. The number of carbonyl (C=O) groups is 3. The number of imide groups is 1. The molecule has 2 heterocycles. The van der Waals surface area contributed by atoms with Crippen LogP contribution in [-0.4, -0.2) is 34.5 Å². The molecule has 208 valence electrons. The summed E-state index contributed by atoms with van der Waals surface area (Å²) in [6, 6.07) is 19.0. The number of nitrogens with one attached hydrogen (secondary N) is 2. The number of nitrogens with zero attached hydrogens (tertiary/aromatic N) is 3. The number of aromatic nitrogens is 1. The lowest BCUT2D eigenvalue weighted by molar-refractivity contribution is -0.120. The molecule has 0 saturated carbocycles. The van der Waals surface area contributed by atoms with Crippen molar-refractivity contribution in [3.05, 3.63) is 99.7 Å². The van der Waals surface area contributed by atoms with E-state index in [0.29, 0.717) is 45.7 Å². The minimum atomic E-state index is -0.657. The first-order valence-electron chi connectivity index (χ1n) is 12.2. The number of hydrogen-bond acceptors (Lipinski definition) is 10. The molecule has 0 bridgehead atoms. The monoisotopic (exact) mass is 590 g/mol. The number of benzene rings is 3. The normalized spacial score (nSPS) is 13.0. The minimum Gasteiger partial charge on any atom is -0.733 e. The SMILES string of the molecule is CCOc1ccc(N2C(=O)C(Cl)=C(Nc3ccc(C(=O)Nc4nc(-c5cccc(N([O-])O)c5)cs4)cc3)C2=O)cc1. The fourth-order valence-corrected chi connectivity index (χ4v) is 4.90. The molecule has 1 aliphatic rings. The number of halogens is 1. The fraction of sp³-hybridized carbons (Fsp3) is 0.0714. The van der Waals surface area contributed by atoms with Crippen LogP contribution in [0.2, 0.25) is 0 Å². The van der Waals surface area contributed by atoms with Gasteiger partial charge in [0, 0.05) is 22.2 Å². The minimum absolute atomic E-state index is 0.0550. The van der Waals surface area contributed by atoms with E-state index in [-0.39, 0.29) is 21.6 Å². The molecule has 13 heteroatoms. The molecule has 1 aromatic heterocycles. The number of amides is 3. The lowest BCUT2D eigenvalue weighted by Crippen LogP contribution is -2.32. The summed E-state index contributed by atoms with van der Waals surface area (Å²) in [6.45, 7) is 2.34. The average molecular weight is 591 g/mol. The summed E-state index contributed by atoms with van der Waals surface area (Å²) in [5.74, 6) is -1.08. The molecule has 3 aromatic carbocycles. The van der Waals surface area contributed by atoms with Crippen LogP contribution >= 0.6 is 22.9 Å². The molecule has 0 radical (unpaired) electrons. The molecule has 5 rings (SSSR count). The van der Waals surface area contributed by atoms with Gasteiger partial charge in [-0.1, -0.05) is 23.7 Å². The van der Waals surface area contributed by atoms with Crippen molar-refractivity contribution in [2.75, 3.05) is 27.4 Å². The number of hydrogen-bond donors (Lipinski definition) is 3. The van der Waals surface area contributed by atoms with Crippen molar-refractivity contribution in [1.29, 1.82) is 0 Å². The van der Waals surface area contributed by atoms with Crippen molar-refractivity contribution in [3.63, 3.8) is 0 Å². The van der Waals surface area contributed by atoms with Crippen LogP contribution in [0.5, 0.6) is 5.75 Å². The average Bonchev–Trinajstić information content (AvgIpc) is 3.52. The molecule has 0 fully saturated rings. The Morgan fingerprint density at radius 1 is 1.10 bits per heavy atom. The maximum Gasteiger partial charge on any atom is 0.283 e. The molecule has 41 heavy (non-hydrogen) atoms. The van der Waals surface area contributed by atoms with Gasteiger partial charge >= 0.3 is 0 Å². The van der Waals surface area contributed by atoms with Crippen molar-refractivity contribution < 1.29 is 24.3 Å². The predicted molar refractivity (Wildman–Crippen MR) is 156 cm³/mol. The van der Waals surface area contributed by atoms with Gasteiger partial charge in [-0.3, -0.25) is 24.9 Å². The molecule has 0 saturated heterocycles. The highest BCUT2D eigenvalue weighted by Gasteiger charge is 2.39. The second-order valence-electron chi connectivity index (χ2n) is 8.58. The van der Waals surface area contributed by atoms with E-state index in [1.54, 1.807) is 66.0 Å². The van der Waals surface area contributed by atoms with Gasteiger partial charge in [0.25, 0.3) is 17.7 Å². The second-order valence-corrected chi connectivity index (χ2v) is 9.82. The van der Waals surface area contributed by atoms with Gasteiger partial charge in [-0.25, -0.2) is 9.88 Å². The number of carbonyl (C=O) groups excluding carboxylic acids is 3. The Morgan fingerprint density at radius 2 is 1.83 bits per heavy atom. The smallest absolute Gasteiger partial charge is 0.283 e. The Labute approximate surface area is 242 Å². The first-order chi connectivity index (χ1) is 19.7. The molecule has 0 aliphatic carbocycles. The molecule has 11 nitrogen and oxygen atoms in total. The van der Waals surface area contributed by atoms with Crippen molar-refractivity contribution in [2.24, 2.45) is 0 Å². The predicted octanol–water partition coefficient (Wildman–Crippen LogP) is 5.59. The zero-order chi connectivity index (χ0) is 29.1. The Morgan fingerprint density at radius 3 is 2.51 bits per heavy atom. The third kappa shape index (κ3) is 5.90. The quantitative estimate of drug-likeness (QED) is 0.168. The maximum absolute atomic E-state index is 13.0. The summed E-state index contributed by atoms with van der Waals surface area (Å²) < 4.78 is 5.40. The van der Waals surface area contributed by atoms with Gasteiger partial charge in [0.15, 0.2) is 5.13 Å². The van der Waals surface area contributed by atoms with Crippen LogP contribution in [-0.2, 0) is 9.59 Å². The van der Waals surface area contributed by atoms with E-state index >= 15 is 0 Å². The molecule has 4 aromatic rings. The van der Waals surface area contributed by atoms with Gasteiger partial charge in [-0.2, -0.15) is 0 Å². The lowest BCUT2D eigenvalue weighted by Gasteiger charge is -2.21. The van der Waals surface area contributed by atoms with Crippen LogP contribution in [0.4, 0.5) is 22.2 Å². The van der Waals surface area contributed by atoms with Gasteiger partial charge in [-0.15, -0.1) is 11.3 Å². The van der Waals surface area contributed by atoms with E-state index in [2.05, 4.69) is 15.6 Å². The van der Waals surface area contributed by atoms with Gasteiger partial charge < -0.3 is 20.5 Å². The van der Waals surface area contributed by atoms with E-state index in [4.69, 9.17) is 21.5 Å². The lowest BCUT2D eigenvalue weighted by atomic mass is 10.1. The van der Waals surface area contributed by atoms with E-state index in [0.717, 1.165) is 4.90 Å². The highest BCUT2D eigenvalue weighted by molar-refractivity contribution is 7.14. The van der Waals surface area contributed by atoms with Crippen molar-refractivity contribution in [3.8, 4) is 17.0 Å². The summed E-state index contributed by atoms with van der Waals surface area (Å²) in [5.41, 5.74) is 2.21. The van der Waals surface area contributed by atoms with Crippen LogP contribution in [0.25, 0.3) is 11.3 Å². The van der Waals surface area contributed by atoms with Crippen LogP contribution in [0.15, 0.2) is 88.9 Å². The Kier molecular flexibility index (Phi) is 7.99. The highest BCUT2D eigenvalue weighted by Crippen LogP contribution is 2.32. The zero-order valence-electron chi connectivity index (χ0n) is 21.3. The third-order valence-corrected chi connectivity index (χ3v) is 7.05. The van der Waals surface area contributed by atoms with Crippen LogP contribution < -0.4 is 25.5 Å². The molecule has 3 N–H and O–H groups in total. The van der Waals surface area contributed by atoms with E-state index in [1.165, 1.54) is 23.5 Å². The van der Waals surface area contributed by atoms with Gasteiger partial charge in [0.2, 0.25) is 0 Å². The summed E-state index contributed by atoms with van der Waals surface area (Å²) in [4.78, 5) is 43.9.